The van der Waals surface area contributed by atoms with E-state index in [2.05, 4.69) is 6.58 Å². The topological polar surface area (TPSA) is 114 Å². The van der Waals surface area contributed by atoms with Crippen LogP contribution in [-0.4, -0.2) is 31.3 Å². The van der Waals surface area contributed by atoms with Crippen molar-refractivity contribution in [3.63, 3.8) is 0 Å². The Hall–Kier alpha value is -3.58. The number of hydrogen-bond acceptors (Lipinski definition) is 7. The molecule has 4 N–H and O–H groups in total. The highest BCUT2D eigenvalue weighted by Gasteiger charge is 2.28. The van der Waals surface area contributed by atoms with Crippen LogP contribution in [0.15, 0.2) is 61.2 Å². The molecule has 0 spiro atoms. The third-order valence-electron chi connectivity index (χ3n) is 6.01. The first kappa shape index (κ1) is 26.0. The molecular formula is C28H34N2O5. The predicted octanol–water partition coefficient (Wildman–Crippen LogP) is 4.88. The monoisotopic (exact) mass is 478 g/mol. The first-order chi connectivity index (χ1) is 16.8. The van der Waals surface area contributed by atoms with Crippen molar-refractivity contribution >= 4 is 29.4 Å². The van der Waals surface area contributed by atoms with E-state index >= 15 is 0 Å². The van der Waals surface area contributed by atoms with Gasteiger partial charge in [0.2, 0.25) is 0 Å². The molecule has 1 atom stereocenters. The van der Waals surface area contributed by atoms with Crippen LogP contribution in [0.4, 0.5) is 11.4 Å². The van der Waals surface area contributed by atoms with Crippen LogP contribution in [0.25, 0.3) is 6.08 Å². The number of carbonyl (C=O) groups excluding carboxylic acids is 2. The van der Waals surface area contributed by atoms with Gasteiger partial charge in [-0.1, -0.05) is 25.1 Å². The molecule has 2 aromatic carbocycles. The molecular weight excluding hydrogens is 444 g/mol. The van der Waals surface area contributed by atoms with Gasteiger partial charge in [0.25, 0.3) is 0 Å². The molecule has 1 saturated carbocycles. The Morgan fingerprint density at radius 3 is 2.34 bits per heavy atom. The minimum Gasteiger partial charge on any atom is -0.462 e. The first-order valence-corrected chi connectivity index (χ1v) is 11.9. The summed E-state index contributed by atoms with van der Waals surface area (Å²) >= 11 is 0. The summed E-state index contributed by atoms with van der Waals surface area (Å²) in [5, 5.41) is 0. The largest absolute Gasteiger partial charge is 0.462 e. The number of rotatable bonds is 10. The van der Waals surface area contributed by atoms with Gasteiger partial charge in [0, 0.05) is 23.4 Å². The fourth-order valence-corrected chi connectivity index (χ4v) is 4.02. The lowest BCUT2D eigenvalue weighted by Gasteiger charge is -2.26. The van der Waals surface area contributed by atoms with E-state index in [0.29, 0.717) is 23.7 Å². The smallest absolute Gasteiger partial charge is 0.330 e. The standard InChI is InChI=1S/C28H34N2O5/c1-3-14-33-25-11-7-21(8-12-25)28(32)35-26-9-4-20(5-10-26)6-13-27(31)34-18-19(2)22-15-23(29)17-24(30)16-22/h3-6,9-10,13,15-17,19,21,25H,1,7-8,11-12,14,18,29-30H2,2H3/b13-6+. The van der Waals surface area contributed by atoms with Crippen LogP contribution in [0.5, 0.6) is 5.75 Å². The van der Waals surface area contributed by atoms with Crippen molar-refractivity contribution in [2.24, 2.45) is 5.92 Å². The van der Waals surface area contributed by atoms with Gasteiger partial charge in [-0.3, -0.25) is 4.79 Å². The average molecular weight is 479 g/mol. The molecule has 3 rings (SSSR count). The molecule has 0 radical (unpaired) electrons. The highest BCUT2D eigenvalue weighted by atomic mass is 16.5. The van der Waals surface area contributed by atoms with Crippen LogP contribution >= 0.6 is 0 Å². The van der Waals surface area contributed by atoms with Crippen LogP contribution in [0.1, 0.15) is 49.7 Å². The van der Waals surface area contributed by atoms with E-state index in [0.717, 1.165) is 36.8 Å². The van der Waals surface area contributed by atoms with Gasteiger partial charge in [-0.05, 0) is 73.2 Å². The lowest BCUT2D eigenvalue weighted by atomic mass is 9.87. The second-order valence-corrected chi connectivity index (χ2v) is 8.88. The summed E-state index contributed by atoms with van der Waals surface area (Å²) in [7, 11) is 0. The Kier molecular flexibility index (Phi) is 9.49. The molecule has 0 aliphatic heterocycles. The molecule has 1 aliphatic rings. The van der Waals surface area contributed by atoms with Crippen molar-refractivity contribution in [1.29, 1.82) is 0 Å². The summed E-state index contributed by atoms with van der Waals surface area (Å²) in [5.41, 5.74) is 14.5. The lowest BCUT2D eigenvalue weighted by Crippen LogP contribution is -2.28. The third kappa shape index (κ3) is 8.30. The average Bonchev–Trinajstić information content (AvgIpc) is 2.85. The van der Waals surface area contributed by atoms with Crippen LogP contribution in [0.2, 0.25) is 0 Å². The van der Waals surface area contributed by atoms with Crippen LogP contribution in [-0.2, 0) is 19.1 Å². The molecule has 1 aliphatic carbocycles. The molecule has 0 aromatic heterocycles. The molecule has 1 unspecified atom stereocenters. The minimum absolute atomic E-state index is 0.0400. The fourth-order valence-electron chi connectivity index (χ4n) is 4.02. The maximum absolute atomic E-state index is 12.5. The van der Waals surface area contributed by atoms with Crippen molar-refractivity contribution in [3.05, 3.63) is 72.3 Å². The van der Waals surface area contributed by atoms with E-state index in [9.17, 15) is 9.59 Å². The third-order valence-corrected chi connectivity index (χ3v) is 6.01. The van der Waals surface area contributed by atoms with Gasteiger partial charge in [-0.15, -0.1) is 6.58 Å². The van der Waals surface area contributed by atoms with Crippen molar-refractivity contribution in [2.45, 2.75) is 44.6 Å². The summed E-state index contributed by atoms with van der Waals surface area (Å²) in [6.07, 6.45) is 8.16. The number of esters is 2. The Labute approximate surface area is 206 Å². The number of nitrogen functional groups attached to an aromatic ring is 2. The van der Waals surface area contributed by atoms with Gasteiger partial charge in [-0.2, -0.15) is 0 Å². The predicted molar refractivity (Wildman–Crippen MR) is 138 cm³/mol. The molecule has 7 heteroatoms. The molecule has 0 bridgehead atoms. The second-order valence-electron chi connectivity index (χ2n) is 8.88. The molecule has 1 fully saturated rings. The Bertz CT molecular complexity index is 1020. The zero-order valence-corrected chi connectivity index (χ0v) is 20.2. The number of benzene rings is 2. The van der Waals surface area contributed by atoms with E-state index in [-0.39, 0.29) is 30.5 Å². The van der Waals surface area contributed by atoms with Gasteiger partial charge in [0.15, 0.2) is 0 Å². The molecule has 0 saturated heterocycles. The Balaban J connectivity index is 1.43. The number of anilines is 2. The number of hydrogen-bond donors (Lipinski definition) is 2. The summed E-state index contributed by atoms with van der Waals surface area (Å²) < 4.78 is 16.6. The normalized spacial score (nSPS) is 18.7. The van der Waals surface area contributed by atoms with Gasteiger partial charge in [-0.25, -0.2) is 4.79 Å². The maximum atomic E-state index is 12.5. The Morgan fingerprint density at radius 1 is 1.06 bits per heavy atom. The second kappa shape index (κ2) is 12.8. The van der Waals surface area contributed by atoms with Gasteiger partial charge in [0.1, 0.15) is 5.75 Å². The van der Waals surface area contributed by atoms with Gasteiger partial charge >= 0.3 is 11.9 Å². The van der Waals surface area contributed by atoms with Gasteiger partial charge < -0.3 is 25.7 Å². The van der Waals surface area contributed by atoms with Gasteiger partial charge in [0.05, 0.1) is 25.2 Å². The zero-order chi connectivity index (χ0) is 25.2. The molecule has 7 nitrogen and oxygen atoms in total. The van der Waals surface area contributed by atoms with Crippen LogP contribution in [0, 0.1) is 5.92 Å². The minimum atomic E-state index is -0.447. The van der Waals surface area contributed by atoms with Crippen LogP contribution < -0.4 is 16.2 Å². The van der Waals surface area contributed by atoms with E-state index < -0.39 is 5.97 Å². The molecule has 186 valence electrons. The van der Waals surface area contributed by atoms with Crippen molar-refractivity contribution in [1.82, 2.24) is 0 Å². The number of nitrogens with two attached hydrogens (primary N) is 2. The van der Waals surface area contributed by atoms with E-state index in [1.165, 1.54) is 6.08 Å². The first-order valence-electron chi connectivity index (χ1n) is 11.9. The van der Waals surface area contributed by atoms with Crippen LogP contribution in [0.3, 0.4) is 0 Å². The Morgan fingerprint density at radius 2 is 1.71 bits per heavy atom. The lowest BCUT2D eigenvalue weighted by molar-refractivity contribution is -0.141. The van der Waals surface area contributed by atoms with Crippen molar-refractivity contribution in [3.8, 4) is 5.75 Å². The summed E-state index contributed by atoms with van der Waals surface area (Å²) in [5.74, 6) is -0.331. The maximum Gasteiger partial charge on any atom is 0.330 e. The van der Waals surface area contributed by atoms with Crippen molar-refractivity contribution < 1.29 is 23.8 Å². The molecule has 0 heterocycles. The zero-order valence-electron chi connectivity index (χ0n) is 20.2. The highest BCUT2D eigenvalue weighted by Crippen LogP contribution is 2.28. The fraction of sp³-hybridized carbons (Fsp3) is 0.357. The molecule has 0 amide bonds. The quantitative estimate of drug-likeness (QED) is 0.164. The molecule has 2 aromatic rings. The summed E-state index contributed by atoms with van der Waals surface area (Å²) in [6.45, 7) is 6.35. The van der Waals surface area contributed by atoms with Crippen molar-refractivity contribution in [2.75, 3.05) is 24.7 Å². The molecule has 35 heavy (non-hydrogen) atoms. The van der Waals surface area contributed by atoms with E-state index in [1.54, 1.807) is 42.5 Å². The highest BCUT2D eigenvalue weighted by molar-refractivity contribution is 5.87. The summed E-state index contributed by atoms with van der Waals surface area (Å²) in [4.78, 5) is 24.6. The summed E-state index contributed by atoms with van der Waals surface area (Å²) in [6, 6.07) is 12.3. The van der Waals surface area contributed by atoms with E-state index in [4.69, 9.17) is 25.7 Å². The number of carbonyl (C=O) groups is 2. The number of ether oxygens (including phenoxy) is 3. The SMILES string of the molecule is C=CCOC1CCC(C(=O)Oc2ccc(/C=C/C(=O)OCC(C)c3cc(N)cc(N)c3)cc2)CC1. The van der Waals surface area contributed by atoms with E-state index in [1.807, 2.05) is 19.1 Å².